The van der Waals surface area contributed by atoms with E-state index in [4.69, 9.17) is 160 Å². The SMILES string of the molecule is C=CC(=O)N1CCN(c2c(C#N)c(=O)n(-c3c(C)ccnc3C(C)C)c3nc(-c4c(N)c(F)c(Cl)c(Cl)c4Cl)c(Cl)cc23)CC1.C=CC(=O)N1CCN(c2c(C#N)c(=O)n(-c3c(C)ccnc3C(C)C)c3nc(-c4c(N)c(F)c(Cl)c(Cl)c4Cl)c(Cl)cc23)CC1.C=CC(=O)N1CCN(c2c(C#N)c(=O)n(-c3c(C)ccnc3C(C)C)c3nc(-c4c(N)c(F)c(Cl)c(F)c4Cl)c(Cl)cc23)CC1. The number of amides is 3. The number of carbonyl (C=O) groups is 3. The highest BCUT2D eigenvalue weighted by Crippen LogP contribution is 2.51. The van der Waals surface area contributed by atoms with Gasteiger partial charge in [0.05, 0.1) is 136 Å². The molecule has 3 aliphatic rings. The third-order valence-electron chi connectivity index (χ3n) is 23.2. The summed E-state index contributed by atoms with van der Waals surface area (Å²) in [6, 6.07) is 16.0. The number of fused-ring (bicyclic) bond motifs is 3. The summed E-state index contributed by atoms with van der Waals surface area (Å²) in [4.78, 5) is 118. The number of pyridine rings is 9. The first-order valence-electron chi connectivity index (χ1n) is 41.3. The van der Waals surface area contributed by atoms with Crippen LogP contribution in [0.1, 0.15) is 110 Å². The minimum Gasteiger partial charge on any atom is -0.396 e. The third-order valence-corrected chi connectivity index (χ3v) is 27.4. The summed E-state index contributed by atoms with van der Waals surface area (Å²) < 4.78 is 63.9. The van der Waals surface area contributed by atoms with Crippen LogP contribution >= 0.6 is 128 Å². The fourth-order valence-electron chi connectivity index (χ4n) is 16.6. The highest BCUT2D eigenvalue weighted by atomic mass is 35.5. The lowest BCUT2D eigenvalue weighted by molar-refractivity contribution is -0.127. The first kappa shape index (κ1) is 100. The van der Waals surface area contributed by atoms with Crippen LogP contribution in [0.4, 0.5) is 51.7 Å². The van der Waals surface area contributed by atoms with Crippen LogP contribution in [0.5, 0.6) is 0 Å². The molecule has 3 aromatic carbocycles. The number of nitrogens with two attached hydrogens (primary N) is 3. The van der Waals surface area contributed by atoms with E-state index in [-0.39, 0.29) is 157 Å². The molecule has 42 heteroatoms. The Bertz CT molecular complexity index is 6640. The molecule has 0 spiro atoms. The smallest absolute Gasteiger partial charge is 0.276 e. The molecule has 0 aliphatic carbocycles. The van der Waals surface area contributed by atoms with E-state index in [9.17, 15) is 53.3 Å². The van der Waals surface area contributed by atoms with Gasteiger partial charge in [0.25, 0.3) is 16.7 Å². The molecule has 135 heavy (non-hydrogen) atoms. The Kier molecular flexibility index (Phi) is 30.1. The number of anilines is 6. The minimum atomic E-state index is -1.26. The average molecular weight is 2050 g/mol. The lowest BCUT2D eigenvalue weighted by Gasteiger charge is -2.36. The summed E-state index contributed by atoms with van der Waals surface area (Å²) >= 11 is 70.0. The van der Waals surface area contributed by atoms with Crippen molar-refractivity contribution in [3.8, 4) is 69.0 Å². The van der Waals surface area contributed by atoms with Gasteiger partial charge in [-0.15, -0.1) is 0 Å². The van der Waals surface area contributed by atoms with Crippen molar-refractivity contribution in [3.05, 3.63) is 253 Å². The molecule has 15 rings (SSSR count). The number of nitriles is 3. The van der Waals surface area contributed by atoms with Crippen LogP contribution in [-0.4, -0.2) is 155 Å². The lowest BCUT2D eigenvalue weighted by atomic mass is 10.0. The zero-order valence-corrected chi connectivity index (χ0v) is 81.5. The number of carbonyl (C=O) groups excluding carboxylic acids is 3. The molecule has 696 valence electrons. The fourth-order valence-corrected chi connectivity index (χ4v) is 19.3. The van der Waals surface area contributed by atoms with Crippen LogP contribution in [0.3, 0.4) is 0 Å². The van der Waals surface area contributed by atoms with Crippen LogP contribution in [0.15, 0.2) is 107 Å². The lowest BCUT2D eigenvalue weighted by Crippen LogP contribution is -2.49. The predicted molar refractivity (Wildman–Crippen MR) is 527 cm³/mol. The van der Waals surface area contributed by atoms with Gasteiger partial charge in [0.15, 0.2) is 23.3 Å². The third kappa shape index (κ3) is 18.0. The van der Waals surface area contributed by atoms with Gasteiger partial charge < -0.3 is 46.6 Å². The highest BCUT2D eigenvalue weighted by molar-refractivity contribution is 6.51. The molecule has 3 amide bonds. The largest absolute Gasteiger partial charge is 0.396 e. The average Bonchev–Trinajstić information content (AvgIpc) is 0.728. The maximum absolute atomic E-state index is 15.1. The van der Waals surface area contributed by atoms with Crippen molar-refractivity contribution in [1.29, 1.82) is 15.8 Å². The number of benzene rings is 3. The van der Waals surface area contributed by atoms with E-state index in [1.165, 1.54) is 50.1 Å². The first-order valence-corrected chi connectivity index (χ1v) is 45.5. The number of nitrogen functional groups attached to an aromatic ring is 3. The van der Waals surface area contributed by atoms with Crippen LogP contribution in [0, 0.1) is 78.0 Å². The number of nitrogens with zero attached hydrogens (tertiary/aromatic N) is 18. The van der Waals surface area contributed by atoms with Crippen LogP contribution in [0.25, 0.3) is 83.9 Å². The summed E-state index contributed by atoms with van der Waals surface area (Å²) in [7, 11) is 0. The van der Waals surface area contributed by atoms with Gasteiger partial charge in [0.1, 0.15) is 56.9 Å². The van der Waals surface area contributed by atoms with Crippen molar-refractivity contribution in [2.75, 3.05) is 110 Å². The van der Waals surface area contributed by atoms with Gasteiger partial charge in [-0.05, 0) is 110 Å². The second-order valence-electron chi connectivity index (χ2n) is 32.2. The predicted octanol–water partition coefficient (Wildman–Crippen LogP) is 20.2. The van der Waals surface area contributed by atoms with Gasteiger partial charge in [-0.2, -0.15) is 15.8 Å². The van der Waals surface area contributed by atoms with E-state index in [0.29, 0.717) is 144 Å². The molecule has 0 bridgehead atoms. The molecule has 3 saturated heterocycles. The Morgan fingerprint density at radius 1 is 0.378 bits per heavy atom. The topological polar surface area (TPSA) is 363 Å². The monoisotopic (exact) mass is 2050 g/mol. The Hall–Kier alpha value is -12.0. The summed E-state index contributed by atoms with van der Waals surface area (Å²) in [6.45, 7) is 31.3. The van der Waals surface area contributed by atoms with Crippen molar-refractivity contribution >= 4 is 213 Å². The van der Waals surface area contributed by atoms with Crippen molar-refractivity contribution in [2.24, 2.45) is 0 Å². The van der Waals surface area contributed by atoms with Gasteiger partial charge in [0.2, 0.25) is 17.7 Å². The molecule has 6 N–H and O–H groups in total. The van der Waals surface area contributed by atoms with Gasteiger partial charge >= 0.3 is 0 Å². The molecule has 0 unspecified atom stereocenters. The maximum Gasteiger partial charge on any atom is 0.276 e. The fraction of sp³-hybridized carbons (Fsp3) is 0.258. The summed E-state index contributed by atoms with van der Waals surface area (Å²) in [5.74, 6) is -5.60. The van der Waals surface area contributed by atoms with E-state index in [1.807, 2.05) is 65.2 Å². The van der Waals surface area contributed by atoms with Crippen LogP contribution in [0.2, 0.25) is 55.2 Å². The molecule has 27 nitrogen and oxygen atoms in total. The molecule has 3 fully saturated rings. The van der Waals surface area contributed by atoms with Gasteiger partial charge in [0, 0.05) is 130 Å². The van der Waals surface area contributed by atoms with Crippen LogP contribution < -0.4 is 48.6 Å². The molecule has 12 heterocycles. The Morgan fingerprint density at radius 2 is 0.622 bits per heavy atom. The van der Waals surface area contributed by atoms with E-state index >= 15 is 8.78 Å². The molecule has 12 aromatic rings. The highest BCUT2D eigenvalue weighted by Gasteiger charge is 2.38. The normalized spacial score (nSPS) is 13.4. The van der Waals surface area contributed by atoms with E-state index in [1.54, 1.807) is 63.3 Å². The molecule has 0 atom stereocenters. The quantitative estimate of drug-likeness (QED) is 0.0282. The molecular formula is C93H78Cl11F4N21O6. The maximum atomic E-state index is 15.1. The Balaban J connectivity index is 0.000000171. The minimum absolute atomic E-state index is 0.00306. The molecule has 0 radical (unpaired) electrons. The van der Waals surface area contributed by atoms with Crippen molar-refractivity contribution < 1.29 is 31.9 Å². The second-order valence-corrected chi connectivity index (χ2v) is 36.5. The molecule has 0 saturated carbocycles. The van der Waals surface area contributed by atoms with Crippen LogP contribution in [-0.2, 0) is 14.4 Å². The van der Waals surface area contributed by atoms with Gasteiger partial charge in [-0.25, -0.2) is 32.5 Å². The number of hydrogen-bond donors (Lipinski definition) is 3. The Labute approximate surface area is 824 Å². The van der Waals surface area contributed by atoms with E-state index in [0.717, 1.165) is 0 Å². The van der Waals surface area contributed by atoms with E-state index < -0.39 is 77.1 Å². The summed E-state index contributed by atoms with van der Waals surface area (Å²) in [5, 5.41) is 28.7. The van der Waals surface area contributed by atoms with Crippen molar-refractivity contribution in [3.63, 3.8) is 0 Å². The number of piperazine rings is 3. The summed E-state index contributed by atoms with van der Waals surface area (Å²) in [5.41, 5.74) is 19.6. The number of hydrogen-bond acceptors (Lipinski definition) is 21. The zero-order valence-electron chi connectivity index (χ0n) is 73.2. The Morgan fingerprint density at radius 3 is 0.859 bits per heavy atom. The molecule has 9 aromatic heterocycles. The van der Waals surface area contributed by atoms with Gasteiger partial charge in [-0.1, -0.05) is 189 Å². The standard InChI is InChI=1S/2C31H26Cl4FN7O2.C31H26Cl3F2N7O2/c2*1-5-19(44)41-8-10-42(11-9-41)29-16-12-18(32)27(20-21(33)22(34)23(35)24(36)25(20)38)40-30(16)43(31(45)17(29)13-37)28-15(4)6-7-39-26(28)14(2)3;1-5-19(44)41-8-10-42(11-9-41)29-16-12-18(32)27(20-21(33)23(35)22(34)24(36)25(20)38)40-30(16)43(31(45)17(29)13-37)28-15(4)6-7-39-26(28)14(2)3/h3*5-7,12,14H,1,8-11,38H2,2-4H3. The first-order chi connectivity index (χ1) is 64.0. The van der Waals surface area contributed by atoms with Crippen molar-refractivity contribution in [2.45, 2.75) is 80.1 Å². The number of aromatic nitrogens is 9. The van der Waals surface area contributed by atoms with Gasteiger partial charge in [-0.3, -0.25) is 57.4 Å². The molecule has 3 aliphatic heterocycles. The summed E-state index contributed by atoms with van der Waals surface area (Å²) in [6.07, 6.45) is 8.59. The zero-order chi connectivity index (χ0) is 98.7. The molecular weight excluding hydrogens is 1970 g/mol. The number of rotatable bonds is 15. The number of halogens is 15. The van der Waals surface area contributed by atoms with Crippen molar-refractivity contribution in [1.82, 2.24) is 58.3 Å². The van der Waals surface area contributed by atoms with E-state index in [2.05, 4.69) is 52.9 Å². The second kappa shape index (κ2) is 40.5. The number of aryl methyl sites for hydroxylation is 3.